The van der Waals surface area contributed by atoms with Gasteiger partial charge in [0.2, 0.25) is 5.91 Å². The van der Waals surface area contributed by atoms with Crippen molar-refractivity contribution in [3.63, 3.8) is 0 Å². The number of carboxylic acids is 2. The number of aromatic amines is 1. The molecule has 46 heavy (non-hydrogen) atoms. The lowest BCUT2D eigenvalue weighted by molar-refractivity contribution is -0.137. The molecule has 7 N–H and O–H groups in total. The highest BCUT2D eigenvalue weighted by atomic mass is 32.1. The Labute approximate surface area is 279 Å². The van der Waals surface area contributed by atoms with Crippen LogP contribution >= 0.6 is 25.3 Å². The zero-order chi connectivity index (χ0) is 33.9. The third-order valence-electron chi connectivity index (χ3n) is 9.43. The normalized spacial score (nSPS) is 26.5. The van der Waals surface area contributed by atoms with Crippen molar-refractivity contribution >= 4 is 61.2 Å². The van der Waals surface area contributed by atoms with E-state index < -0.39 is 24.1 Å². The molecule has 248 valence electrons. The quantitative estimate of drug-likeness (QED) is 0.113. The van der Waals surface area contributed by atoms with E-state index in [9.17, 15) is 34.5 Å². The number of hydrogen-bond donors (Lipinski definition) is 9. The number of aliphatic hydroxyl groups excluding tert-OH is 1. The molecule has 4 rings (SSSR count). The second-order valence-electron chi connectivity index (χ2n) is 12.1. The van der Waals surface area contributed by atoms with Gasteiger partial charge in [-0.3, -0.25) is 14.4 Å². The van der Waals surface area contributed by atoms with Crippen molar-refractivity contribution in [2.45, 2.75) is 77.6 Å². The van der Waals surface area contributed by atoms with Crippen LogP contribution in [0.15, 0.2) is 45.5 Å². The maximum Gasteiger partial charge on any atom is 0.328 e. The first-order chi connectivity index (χ1) is 21.8. The van der Waals surface area contributed by atoms with Crippen molar-refractivity contribution in [1.82, 2.24) is 20.9 Å². The number of aliphatic carboxylic acids is 2. The number of rotatable bonds is 13. The van der Waals surface area contributed by atoms with Gasteiger partial charge in [0.05, 0.1) is 17.8 Å². The lowest BCUT2D eigenvalue weighted by atomic mass is 9.85. The molecule has 4 heterocycles. The summed E-state index contributed by atoms with van der Waals surface area (Å²) in [5, 5.41) is 41.4. The summed E-state index contributed by atoms with van der Waals surface area (Å²) in [7, 11) is 0. The van der Waals surface area contributed by atoms with E-state index >= 15 is 0 Å². The Morgan fingerprint density at radius 2 is 1.72 bits per heavy atom. The van der Waals surface area contributed by atoms with Gasteiger partial charge in [0.15, 0.2) is 0 Å². The Balaban J connectivity index is 1.74. The Morgan fingerprint density at radius 1 is 1.02 bits per heavy atom. The zero-order valence-electron chi connectivity index (χ0n) is 26.3. The number of hydrogen-bond acceptors (Lipinski definition) is 8. The molecule has 0 aromatic carbocycles. The van der Waals surface area contributed by atoms with Crippen LogP contribution in [0.25, 0.3) is 12.2 Å². The first-order valence-corrected chi connectivity index (χ1v) is 16.4. The lowest BCUT2D eigenvalue weighted by Gasteiger charge is -2.25. The largest absolute Gasteiger partial charge is 0.481 e. The average Bonchev–Trinajstić information content (AvgIpc) is 3.65. The molecular weight excluding hydrogens is 629 g/mol. The maximum atomic E-state index is 12.6. The van der Waals surface area contributed by atoms with E-state index in [2.05, 4.69) is 46.2 Å². The molecule has 0 bridgehead atoms. The number of carbonyl (C=O) groups excluding carboxylic acids is 2. The SMILES string of the molecule is CC1=C(CCC(=O)O)/C(=C\c2[nH]c([C@H](O)C3NC(=O)[C@H](C)[C@H]3CCS)c(C)c2/C=C/C(=O)O)NC1C[C@H]1NC(=O)C(/C=C\S)=C1C. The molecular formula is C33H42N4O7S2. The predicted molar refractivity (Wildman–Crippen MR) is 182 cm³/mol. The maximum absolute atomic E-state index is 12.6. The summed E-state index contributed by atoms with van der Waals surface area (Å²) in [6, 6.07) is -1.02. The third kappa shape index (κ3) is 7.31. The number of allylic oxidation sites excluding steroid dienone is 1. The minimum atomic E-state index is -1.14. The molecule has 11 nitrogen and oxygen atoms in total. The molecule has 0 spiro atoms. The molecule has 0 radical (unpaired) electrons. The summed E-state index contributed by atoms with van der Waals surface area (Å²) < 4.78 is 0. The van der Waals surface area contributed by atoms with Crippen LogP contribution in [0, 0.1) is 18.8 Å². The topological polar surface area (TPSA) is 181 Å². The van der Waals surface area contributed by atoms with Gasteiger partial charge >= 0.3 is 11.9 Å². The van der Waals surface area contributed by atoms with Crippen LogP contribution in [-0.2, 0) is 19.2 Å². The fourth-order valence-corrected chi connectivity index (χ4v) is 7.20. The van der Waals surface area contributed by atoms with Crippen molar-refractivity contribution < 1.29 is 34.5 Å². The molecule has 13 heteroatoms. The molecule has 1 saturated heterocycles. The molecule has 1 fully saturated rings. The van der Waals surface area contributed by atoms with Crippen LogP contribution in [0.3, 0.4) is 0 Å². The molecule has 3 aliphatic rings. The van der Waals surface area contributed by atoms with Gasteiger partial charge in [-0.05, 0) is 97.6 Å². The Morgan fingerprint density at radius 3 is 2.35 bits per heavy atom. The van der Waals surface area contributed by atoms with Crippen molar-refractivity contribution in [2.75, 3.05) is 5.75 Å². The van der Waals surface area contributed by atoms with Gasteiger partial charge in [-0.2, -0.15) is 25.3 Å². The smallest absolute Gasteiger partial charge is 0.328 e. The molecule has 3 aliphatic heterocycles. The van der Waals surface area contributed by atoms with Crippen molar-refractivity contribution in [1.29, 1.82) is 0 Å². The molecule has 6 atom stereocenters. The van der Waals surface area contributed by atoms with Gasteiger partial charge in [-0.25, -0.2) is 4.79 Å². The lowest BCUT2D eigenvalue weighted by Crippen LogP contribution is -2.36. The number of amides is 2. The zero-order valence-corrected chi connectivity index (χ0v) is 28.0. The van der Waals surface area contributed by atoms with E-state index in [-0.39, 0.29) is 48.6 Å². The predicted octanol–water partition coefficient (Wildman–Crippen LogP) is 3.67. The van der Waals surface area contributed by atoms with Gasteiger partial charge in [0.25, 0.3) is 5.91 Å². The number of carbonyl (C=O) groups is 4. The molecule has 0 aliphatic carbocycles. The standard InChI is InChI=1S/C33H42N4O7S2/c1-15-19(5-7-27(38)39)25(34-23(15)13-24-16(2)22(10-12-46)33(44)36-24)14-26-20(6-8-28(40)41)17(3)29(35-26)31(42)30-21(9-11-45)18(4)32(43)37-30/h6,8,10,12,14,18,21,23-24,30-31,34-35,42,45-46H,5,7,9,11,13H2,1-4H3,(H,36,44)(H,37,43)(H,38,39)(H,40,41)/b8-6+,12-10-,25-14+/t18-,21-,23?,24-,30?,31+/m1/s1. The van der Waals surface area contributed by atoms with Gasteiger partial charge in [-0.1, -0.05) is 6.92 Å². The van der Waals surface area contributed by atoms with E-state index in [0.717, 1.165) is 22.8 Å². The number of aliphatic hydroxyl groups is 1. The van der Waals surface area contributed by atoms with E-state index in [4.69, 9.17) is 0 Å². The molecule has 0 saturated carbocycles. The Bertz CT molecular complexity index is 1570. The van der Waals surface area contributed by atoms with Crippen molar-refractivity contribution in [2.24, 2.45) is 11.8 Å². The Hall–Kier alpha value is -3.68. The van der Waals surface area contributed by atoms with Crippen LogP contribution in [0.4, 0.5) is 0 Å². The second-order valence-corrected chi connectivity index (χ2v) is 12.8. The van der Waals surface area contributed by atoms with Gasteiger partial charge < -0.3 is 36.3 Å². The number of thiol groups is 2. The van der Waals surface area contributed by atoms with Crippen molar-refractivity contribution in [3.8, 4) is 0 Å². The highest BCUT2D eigenvalue weighted by Gasteiger charge is 2.43. The second kappa shape index (κ2) is 14.8. The number of carboxylic acid groups (broad SMARTS) is 2. The number of H-pyrrole nitrogens is 1. The van der Waals surface area contributed by atoms with Crippen LogP contribution in [-0.4, -0.2) is 67.9 Å². The Kier molecular flexibility index (Phi) is 11.3. The molecule has 1 aromatic heterocycles. The van der Waals surface area contributed by atoms with E-state index in [1.165, 1.54) is 11.5 Å². The van der Waals surface area contributed by atoms with Crippen LogP contribution in [0.1, 0.15) is 75.1 Å². The fourth-order valence-electron chi connectivity index (χ4n) is 6.75. The van der Waals surface area contributed by atoms with E-state index in [0.29, 0.717) is 52.4 Å². The van der Waals surface area contributed by atoms with Crippen LogP contribution < -0.4 is 16.0 Å². The summed E-state index contributed by atoms with van der Waals surface area (Å²) in [6.45, 7) is 7.44. The van der Waals surface area contributed by atoms with Crippen LogP contribution in [0.2, 0.25) is 0 Å². The average molecular weight is 671 g/mol. The van der Waals surface area contributed by atoms with Crippen molar-refractivity contribution in [3.05, 3.63) is 68.1 Å². The van der Waals surface area contributed by atoms with Gasteiger partial charge in [0, 0.05) is 47.0 Å². The highest BCUT2D eigenvalue weighted by molar-refractivity contribution is 7.83. The van der Waals surface area contributed by atoms with E-state index in [1.54, 1.807) is 19.1 Å². The fraction of sp³-hybridized carbons (Fsp3) is 0.455. The molecule has 1 aromatic rings. The monoisotopic (exact) mass is 670 g/mol. The third-order valence-corrected chi connectivity index (χ3v) is 9.83. The summed E-state index contributed by atoms with van der Waals surface area (Å²) in [6.07, 6.45) is 6.13. The molecule has 2 unspecified atom stereocenters. The summed E-state index contributed by atoms with van der Waals surface area (Å²) in [5.41, 5.74) is 5.98. The summed E-state index contributed by atoms with van der Waals surface area (Å²) >= 11 is 8.45. The minimum Gasteiger partial charge on any atom is -0.481 e. The van der Waals surface area contributed by atoms with E-state index in [1.807, 2.05) is 20.8 Å². The first-order valence-electron chi connectivity index (χ1n) is 15.2. The first kappa shape index (κ1) is 35.2. The van der Waals surface area contributed by atoms with Crippen LogP contribution in [0.5, 0.6) is 0 Å². The number of nitrogens with one attached hydrogen (secondary N) is 4. The van der Waals surface area contributed by atoms with Gasteiger partial charge in [0.1, 0.15) is 6.10 Å². The molecule has 2 amide bonds. The summed E-state index contributed by atoms with van der Waals surface area (Å²) in [4.78, 5) is 51.5. The highest BCUT2D eigenvalue weighted by Crippen LogP contribution is 2.38. The minimum absolute atomic E-state index is 0.0972. The number of aromatic nitrogens is 1. The van der Waals surface area contributed by atoms with Gasteiger partial charge in [-0.15, -0.1) is 0 Å². The summed E-state index contributed by atoms with van der Waals surface area (Å²) in [5.74, 6) is -2.30.